The molecule has 1 heterocycles. The van der Waals surface area contributed by atoms with Gasteiger partial charge in [-0.25, -0.2) is 4.98 Å². The zero-order valence-corrected chi connectivity index (χ0v) is 10.9. The fourth-order valence-corrected chi connectivity index (χ4v) is 1.22. The van der Waals surface area contributed by atoms with Crippen LogP contribution < -0.4 is 10.1 Å². The summed E-state index contributed by atoms with van der Waals surface area (Å²) >= 11 is 0. The Morgan fingerprint density at radius 2 is 2.22 bits per heavy atom. The van der Waals surface area contributed by atoms with Crippen LogP contribution in [0.1, 0.15) is 25.4 Å². The Balaban J connectivity index is 2.43. The van der Waals surface area contributed by atoms with E-state index in [4.69, 9.17) is 4.74 Å². The Hall–Kier alpha value is -2.09. The highest BCUT2D eigenvalue weighted by Crippen LogP contribution is 2.08. The summed E-state index contributed by atoms with van der Waals surface area (Å²) in [5.74, 6) is 6.78. The lowest BCUT2D eigenvalue weighted by atomic mass is 10.4. The number of aromatic nitrogens is 2. The Morgan fingerprint density at radius 1 is 1.44 bits per heavy atom. The smallest absolute Gasteiger partial charge is 0.217 e. The second-order valence-corrected chi connectivity index (χ2v) is 3.67. The largest absolute Gasteiger partial charge is 0.464 e. The van der Waals surface area contributed by atoms with Gasteiger partial charge in [-0.1, -0.05) is 18.8 Å². The predicted octanol–water partition coefficient (Wildman–Crippen LogP) is 0.866. The summed E-state index contributed by atoms with van der Waals surface area (Å²) in [4.78, 5) is 19.1. The normalized spacial score (nSPS) is 9.28. The minimum absolute atomic E-state index is 0.0933. The van der Waals surface area contributed by atoms with Gasteiger partial charge in [-0.2, -0.15) is 4.98 Å². The summed E-state index contributed by atoms with van der Waals surface area (Å²) in [5.41, 5.74) is 0.878. The van der Waals surface area contributed by atoms with Crippen molar-refractivity contribution >= 4 is 5.91 Å². The van der Waals surface area contributed by atoms with Crippen molar-refractivity contribution in [3.63, 3.8) is 0 Å². The van der Waals surface area contributed by atoms with Crippen LogP contribution in [0.4, 0.5) is 0 Å². The Labute approximate surface area is 107 Å². The molecule has 0 fully saturated rings. The van der Waals surface area contributed by atoms with Crippen LogP contribution in [-0.2, 0) is 11.2 Å². The lowest BCUT2D eigenvalue weighted by molar-refractivity contribution is -0.118. The van der Waals surface area contributed by atoms with Gasteiger partial charge in [0.2, 0.25) is 11.8 Å². The van der Waals surface area contributed by atoms with Gasteiger partial charge in [0.15, 0.2) is 6.61 Å². The molecule has 96 valence electrons. The van der Waals surface area contributed by atoms with Crippen molar-refractivity contribution in [1.82, 2.24) is 15.3 Å². The Morgan fingerprint density at radius 3 is 2.89 bits per heavy atom. The number of amides is 1. The van der Waals surface area contributed by atoms with Crippen LogP contribution in [0, 0.1) is 18.8 Å². The number of hydrogen-bond acceptors (Lipinski definition) is 4. The number of hydrogen-bond donors (Lipinski definition) is 1. The topological polar surface area (TPSA) is 64.1 Å². The third kappa shape index (κ3) is 5.30. The summed E-state index contributed by atoms with van der Waals surface area (Å²) in [5, 5.41) is 2.58. The molecule has 1 aromatic heterocycles. The maximum Gasteiger partial charge on any atom is 0.217 e. The fourth-order valence-electron chi connectivity index (χ4n) is 1.22. The zero-order valence-electron chi connectivity index (χ0n) is 10.9. The maximum absolute atomic E-state index is 10.6. The molecule has 0 bridgehead atoms. The van der Waals surface area contributed by atoms with E-state index >= 15 is 0 Å². The molecule has 18 heavy (non-hydrogen) atoms. The third-order valence-electron chi connectivity index (χ3n) is 2.04. The predicted molar refractivity (Wildman–Crippen MR) is 68.1 cm³/mol. The van der Waals surface area contributed by atoms with Crippen LogP contribution in [0.25, 0.3) is 0 Å². The molecule has 0 aliphatic heterocycles. The van der Waals surface area contributed by atoms with Crippen molar-refractivity contribution in [2.75, 3.05) is 13.2 Å². The van der Waals surface area contributed by atoms with Crippen molar-refractivity contribution in [3.05, 3.63) is 17.6 Å². The summed E-state index contributed by atoms with van der Waals surface area (Å²) < 4.78 is 5.40. The van der Waals surface area contributed by atoms with E-state index in [1.807, 2.05) is 13.8 Å². The monoisotopic (exact) mass is 247 g/mol. The van der Waals surface area contributed by atoms with Gasteiger partial charge < -0.3 is 10.1 Å². The minimum atomic E-state index is -0.0933. The average Bonchev–Trinajstić information content (AvgIpc) is 2.32. The number of rotatable bonds is 4. The summed E-state index contributed by atoms with van der Waals surface area (Å²) in [6.45, 7) is 5.93. The standard InChI is InChI=1S/C13H17N3O2/c1-4-12-15-10(2)9-13(16-12)18-8-6-5-7-14-11(3)17/h9H,4,7-8H2,1-3H3,(H,14,17). The van der Waals surface area contributed by atoms with Gasteiger partial charge in [-0.05, 0) is 6.92 Å². The molecule has 5 nitrogen and oxygen atoms in total. The fraction of sp³-hybridized carbons (Fsp3) is 0.462. The molecule has 0 atom stereocenters. The second kappa shape index (κ2) is 7.28. The highest BCUT2D eigenvalue weighted by atomic mass is 16.5. The van der Waals surface area contributed by atoms with E-state index in [1.54, 1.807) is 6.07 Å². The lowest BCUT2D eigenvalue weighted by Crippen LogP contribution is -2.19. The van der Waals surface area contributed by atoms with Crippen molar-refractivity contribution in [2.45, 2.75) is 27.2 Å². The molecule has 0 aromatic carbocycles. The third-order valence-corrected chi connectivity index (χ3v) is 2.04. The first-order chi connectivity index (χ1) is 8.61. The first-order valence-corrected chi connectivity index (χ1v) is 5.79. The summed E-state index contributed by atoms with van der Waals surface area (Å²) in [6.07, 6.45) is 0.770. The average molecular weight is 247 g/mol. The molecule has 0 saturated carbocycles. The van der Waals surface area contributed by atoms with E-state index < -0.39 is 0 Å². The number of carbonyl (C=O) groups excluding carboxylic acids is 1. The molecule has 1 amide bonds. The number of aryl methyl sites for hydroxylation is 2. The molecule has 1 rings (SSSR count). The molecule has 0 aliphatic carbocycles. The zero-order chi connectivity index (χ0) is 13.4. The minimum Gasteiger partial charge on any atom is -0.464 e. The van der Waals surface area contributed by atoms with Crippen molar-refractivity contribution in [1.29, 1.82) is 0 Å². The number of nitrogens with zero attached hydrogens (tertiary/aromatic N) is 2. The maximum atomic E-state index is 10.6. The highest BCUT2D eigenvalue weighted by Gasteiger charge is 2.00. The summed E-state index contributed by atoms with van der Waals surface area (Å²) in [7, 11) is 0. The molecular formula is C13H17N3O2. The molecule has 0 radical (unpaired) electrons. The molecule has 1 N–H and O–H groups in total. The van der Waals surface area contributed by atoms with Gasteiger partial charge >= 0.3 is 0 Å². The van der Waals surface area contributed by atoms with Crippen LogP contribution in [0.15, 0.2) is 6.07 Å². The number of carbonyl (C=O) groups is 1. The van der Waals surface area contributed by atoms with Crippen molar-refractivity contribution < 1.29 is 9.53 Å². The van der Waals surface area contributed by atoms with E-state index in [0.29, 0.717) is 12.4 Å². The van der Waals surface area contributed by atoms with E-state index in [2.05, 4.69) is 27.1 Å². The molecular weight excluding hydrogens is 230 g/mol. The van der Waals surface area contributed by atoms with Crippen molar-refractivity contribution in [3.8, 4) is 17.7 Å². The molecule has 0 aliphatic rings. The molecule has 0 saturated heterocycles. The SMILES string of the molecule is CCc1nc(C)cc(OCC#CCNC(C)=O)n1. The Kier molecular flexibility index (Phi) is 5.65. The van der Waals surface area contributed by atoms with Crippen molar-refractivity contribution in [2.24, 2.45) is 0 Å². The van der Waals surface area contributed by atoms with Crippen LogP contribution in [0.2, 0.25) is 0 Å². The van der Waals surface area contributed by atoms with Crippen LogP contribution >= 0.6 is 0 Å². The van der Waals surface area contributed by atoms with Crippen LogP contribution in [0.5, 0.6) is 5.88 Å². The van der Waals surface area contributed by atoms with E-state index in [-0.39, 0.29) is 12.5 Å². The first-order valence-electron chi connectivity index (χ1n) is 5.79. The van der Waals surface area contributed by atoms with Gasteiger partial charge in [-0.3, -0.25) is 4.79 Å². The first kappa shape index (κ1) is 14.0. The van der Waals surface area contributed by atoms with Gasteiger partial charge in [-0.15, -0.1) is 0 Å². The number of ether oxygens (including phenoxy) is 1. The lowest BCUT2D eigenvalue weighted by Gasteiger charge is -2.04. The molecule has 5 heteroatoms. The molecule has 0 unspecified atom stereocenters. The molecule has 0 spiro atoms. The Bertz CT molecular complexity index is 475. The summed E-state index contributed by atoms with van der Waals surface area (Å²) in [6, 6.07) is 1.77. The number of nitrogens with one attached hydrogen (secondary N) is 1. The second-order valence-electron chi connectivity index (χ2n) is 3.67. The van der Waals surface area contributed by atoms with E-state index in [1.165, 1.54) is 6.92 Å². The quantitative estimate of drug-likeness (QED) is 0.802. The highest BCUT2D eigenvalue weighted by molar-refractivity contribution is 5.73. The molecule has 1 aromatic rings. The van der Waals surface area contributed by atoms with Gasteiger partial charge in [0.1, 0.15) is 5.82 Å². The van der Waals surface area contributed by atoms with Gasteiger partial charge in [0.25, 0.3) is 0 Å². The van der Waals surface area contributed by atoms with E-state index in [0.717, 1.165) is 17.9 Å². The van der Waals surface area contributed by atoms with Crippen LogP contribution in [-0.4, -0.2) is 29.0 Å². The van der Waals surface area contributed by atoms with E-state index in [9.17, 15) is 4.79 Å². The van der Waals surface area contributed by atoms with Gasteiger partial charge in [0, 0.05) is 25.1 Å². The van der Waals surface area contributed by atoms with Crippen LogP contribution in [0.3, 0.4) is 0 Å². The van der Waals surface area contributed by atoms with Gasteiger partial charge in [0.05, 0.1) is 6.54 Å².